The second-order valence-corrected chi connectivity index (χ2v) is 4.95. The number of nitrogen functional groups attached to an aromatic ring is 1. The largest absolute Gasteiger partial charge is 0.457 e. The van der Waals surface area contributed by atoms with Crippen LogP contribution >= 0.6 is 0 Å². The summed E-state index contributed by atoms with van der Waals surface area (Å²) in [5.41, 5.74) is 7.97. The van der Waals surface area contributed by atoms with Crippen LogP contribution in [0, 0.1) is 6.92 Å². The Morgan fingerprint density at radius 2 is 1.91 bits per heavy atom. The zero-order valence-electron chi connectivity index (χ0n) is 12.1. The molecule has 1 aromatic heterocycles. The molecule has 1 heterocycles. The molecule has 0 fully saturated rings. The van der Waals surface area contributed by atoms with Crippen molar-refractivity contribution >= 4 is 22.7 Å². The number of nitrogens with two attached hydrogens (primary N) is 1. The lowest BCUT2D eigenvalue weighted by atomic mass is 10.1. The van der Waals surface area contributed by atoms with Gasteiger partial charge in [0.1, 0.15) is 18.2 Å². The van der Waals surface area contributed by atoms with Gasteiger partial charge in [0.15, 0.2) is 0 Å². The predicted octanol–water partition coefficient (Wildman–Crippen LogP) is 2.88. The van der Waals surface area contributed by atoms with E-state index in [1.807, 2.05) is 30.3 Å². The van der Waals surface area contributed by atoms with Crippen molar-refractivity contribution in [3.8, 4) is 0 Å². The molecule has 0 aliphatic heterocycles. The average molecular weight is 293 g/mol. The molecule has 0 unspecified atom stereocenters. The van der Waals surface area contributed by atoms with E-state index in [0.717, 1.165) is 5.56 Å². The van der Waals surface area contributed by atoms with Crippen LogP contribution in [0.1, 0.15) is 21.7 Å². The molecule has 2 aromatic carbocycles. The van der Waals surface area contributed by atoms with Crippen molar-refractivity contribution in [1.82, 2.24) is 9.97 Å². The number of fused-ring (bicyclic) bond motifs is 1. The van der Waals surface area contributed by atoms with Gasteiger partial charge in [0, 0.05) is 5.39 Å². The third kappa shape index (κ3) is 2.88. The van der Waals surface area contributed by atoms with Crippen LogP contribution in [-0.4, -0.2) is 15.9 Å². The van der Waals surface area contributed by atoms with E-state index in [1.54, 1.807) is 25.1 Å². The number of hydrogen-bond donors (Lipinski definition) is 1. The van der Waals surface area contributed by atoms with E-state index in [2.05, 4.69) is 9.97 Å². The number of carbonyl (C=O) groups is 1. The highest BCUT2D eigenvalue weighted by Gasteiger charge is 2.11. The van der Waals surface area contributed by atoms with Gasteiger partial charge in [0.05, 0.1) is 11.1 Å². The zero-order chi connectivity index (χ0) is 15.5. The van der Waals surface area contributed by atoms with Crippen molar-refractivity contribution in [2.24, 2.45) is 0 Å². The summed E-state index contributed by atoms with van der Waals surface area (Å²) in [5.74, 6) is 0.565. The second-order valence-electron chi connectivity index (χ2n) is 4.95. The van der Waals surface area contributed by atoms with Gasteiger partial charge >= 0.3 is 5.97 Å². The minimum absolute atomic E-state index is 0.234. The molecule has 0 amide bonds. The Bertz CT molecular complexity index is 832. The molecule has 5 nitrogen and oxygen atoms in total. The van der Waals surface area contributed by atoms with Crippen LogP contribution < -0.4 is 5.73 Å². The fourth-order valence-electron chi connectivity index (χ4n) is 2.21. The number of nitrogens with zero attached hydrogens (tertiary/aromatic N) is 2. The predicted molar refractivity (Wildman–Crippen MR) is 84.2 cm³/mol. The molecule has 2 N–H and O–H groups in total. The van der Waals surface area contributed by atoms with E-state index in [9.17, 15) is 4.79 Å². The van der Waals surface area contributed by atoms with E-state index in [1.165, 1.54) is 0 Å². The molecule has 0 spiro atoms. The number of benzene rings is 2. The summed E-state index contributed by atoms with van der Waals surface area (Å²) < 4.78 is 5.31. The number of esters is 1. The monoisotopic (exact) mass is 293 g/mol. The van der Waals surface area contributed by atoms with E-state index >= 15 is 0 Å². The first-order chi connectivity index (χ1) is 10.6. The fraction of sp³-hybridized carbons (Fsp3) is 0.118. The summed E-state index contributed by atoms with van der Waals surface area (Å²) in [5, 5.41) is 0.653. The molecule has 22 heavy (non-hydrogen) atoms. The number of hydrogen-bond acceptors (Lipinski definition) is 5. The van der Waals surface area contributed by atoms with Crippen molar-refractivity contribution in [2.75, 3.05) is 5.73 Å². The number of aromatic nitrogens is 2. The molecular weight excluding hydrogens is 278 g/mol. The molecule has 0 bridgehead atoms. The summed E-state index contributed by atoms with van der Waals surface area (Å²) in [6, 6.07) is 14.6. The molecule has 0 saturated heterocycles. The Hall–Kier alpha value is -2.95. The number of ether oxygens (including phenoxy) is 1. The molecule has 0 saturated carbocycles. The highest BCUT2D eigenvalue weighted by Crippen LogP contribution is 2.20. The standard InChI is InChI=1S/C17H15N3O2/c1-11-19-15-8-7-13(9-14(15)16(18)20-11)17(21)22-10-12-5-3-2-4-6-12/h2-9H,10H2,1H3,(H2,18,19,20). The van der Waals surface area contributed by atoms with Crippen LogP contribution in [0.25, 0.3) is 10.9 Å². The minimum atomic E-state index is -0.397. The van der Waals surface area contributed by atoms with E-state index in [0.29, 0.717) is 28.1 Å². The molecule has 0 radical (unpaired) electrons. The number of rotatable bonds is 3. The summed E-state index contributed by atoms with van der Waals surface area (Å²) in [6.45, 7) is 2.01. The quantitative estimate of drug-likeness (QED) is 0.751. The Labute approximate surface area is 127 Å². The van der Waals surface area contributed by atoms with Crippen molar-refractivity contribution in [3.63, 3.8) is 0 Å². The minimum Gasteiger partial charge on any atom is -0.457 e. The maximum absolute atomic E-state index is 12.1. The third-order valence-electron chi connectivity index (χ3n) is 3.29. The zero-order valence-corrected chi connectivity index (χ0v) is 12.1. The maximum atomic E-state index is 12.1. The van der Waals surface area contributed by atoms with Gasteiger partial charge in [-0.05, 0) is 30.7 Å². The molecule has 3 aromatic rings. The van der Waals surface area contributed by atoms with Gasteiger partial charge < -0.3 is 10.5 Å². The van der Waals surface area contributed by atoms with Gasteiger partial charge in [-0.2, -0.15) is 0 Å². The first kappa shape index (κ1) is 14.0. The van der Waals surface area contributed by atoms with E-state index in [4.69, 9.17) is 10.5 Å². The van der Waals surface area contributed by atoms with Gasteiger partial charge in [-0.1, -0.05) is 30.3 Å². The molecule has 0 aliphatic carbocycles. The highest BCUT2D eigenvalue weighted by molar-refractivity contribution is 5.97. The smallest absolute Gasteiger partial charge is 0.338 e. The van der Waals surface area contributed by atoms with Crippen LogP contribution in [0.2, 0.25) is 0 Å². The Morgan fingerprint density at radius 3 is 2.68 bits per heavy atom. The Kier molecular flexibility index (Phi) is 3.70. The van der Waals surface area contributed by atoms with Crippen LogP contribution in [0.3, 0.4) is 0 Å². The van der Waals surface area contributed by atoms with Crippen LogP contribution in [0.5, 0.6) is 0 Å². The first-order valence-electron chi connectivity index (χ1n) is 6.88. The fourth-order valence-corrected chi connectivity index (χ4v) is 2.21. The van der Waals surface area contributed by atoms with Crippen molar-refractivity contribution in [1.29, 1.82) is 0 Å². The average Bonchev–Trinajstić information content (AvgIpc) is 2.53. The molecule has 5 heteroatoms. The molecule has 0 atom stereocenters. The van der Waals surface area contributed by atoms with Crippen molar-refractivity contribution < 1.29 is 9.53 Å². The summed E-state index contributed by atoms with van der Waals surface area (Å²) in [4.78, 5) is 20.5. The Balaban J connectivity index is 1.82. The van der Waals surface area contributed by atoms with Crippen LogP contribution in [-0.2, 0) is 11.3 Å². The third-order valence-corrected chi connectivity index (χ3v) is 3.29. The number of anilines is 1. The number of carbonyl (C=O) groups excluding carboxylic acids is 1. The Morgan fingerprint density at radius 1 is 1.14 bits per heavy atom. The normalized spacial score (nSPS) is 10.6. The van der Waals surface area contributed by atoms with Gasteiger partial charge in [0.2, 0.25) is 0 Å². The first-order valence-corrected chi connectivity index (χ1v) is 6.88. The van der Waals surface area contributed by atoms with Gasteiger partial charge in [0.25, 0.3) is 0 Å². The van der Waals surface area contributed by atoms with Gasteiger partial charge in [-0.25, -0.2) is 14.8 Å². The summed E-state index contributed by atoms with van der Waals surface area (Å²) >= 11 is 0. The SMILES string of the molecule is Cc1nc(N)c2cc(C(=O)OCc3ccccc3)ccc2n1. The van der Waals surface area contributed by atoms with Gasteiger partial charge in [-0.3, -0.25) is 0 Å². The van der Waals surface area contributed by atoms with Gasteiger partial charge in [-0.15, -0.1) is 0 Å². The summed E-state index contributed by atoms with van der Waals surface area (Å²) in [6.07, 6.45) is 0. The van der Waals surface area contributed by atoms with Crippen LogP contribution in [0.15, 0.2) is 48.5 Å². The van der Waals surface area contributed by atoms with Crippen molar-refractivity contribution in [2.45, 2.75) is 13.5 Å². The molecular formula is C17H15N3O2. The van der Waals surface area contributed by atoms with E-state index < -0.39 is 5.97 Å². The maximum Gasteiger partial charge on any atom is 0.338 e. The molecule has 3 rings (SSSR count). The number of aryl methyl sites for hydroxylation is 1. The molecule has 110 valence electrons. The van der Waals surface area contributed by atoms with E-state index in [-0.39, 0.29) is 6.61 Å². The molecule has 0 aliphatic rings. The highest BCUT2D eigenvalue weighted by atomic mass is 16.5. The summed E-state index contributed by atoms with van der Waals surface area (Å²) in [7, 11) is 0. The lowest BCUT2D eigenvalue weighted by Crippen LogP contribution is -2.06. The lowest BCUT2D eigenvalue weighted by Gasteiger charge is -2.07. The van der Waals surface area contributed by atoms with Crippen molar-refractivity contribution in [3.05, 3.63) is 65.5 Å². The lowest BCUT2D eigenvalue weighted by molar-refractivity contribution is 0.0473. The second kappa shape index (κ2) is 5.81. The van der Waals surface area contributed by atoms with Crippen LogP contribution in [0.4, 0.5) is 5.82 Å². The topological polar surface area (TPSA) is 78.1 Å².